The van der Waals surface area contributed by atoms with Gasteiger partial charge in [0, 0.05) is 28.7 Å². The van der Waals surface area contributed by atoms with Gasteiger partial charge in [0.1, 0.15) is 19.0 Å². The highest BCUT2D eigenvalue weighted by atomic mass is 19.1. The molecule has 2 aromatic rings. The maximum absolute atomic E-state index is 14.1. The molecule has 6 heteroatoms. The minimum absolute atomic E-state index is 0.0984. The summed E-state index contributed by atoms with van der Waals surface area (Å²) in [4.78, 5) is 12.0. The first-order chi connectivity index (χ1) is 12.1. The van der Waals surface area contributed by atoms with E-state index >= 15 is 0 Å². The largest absolute Gasteiger partial charge is 0.473 e. The zero-order valence-electron chi connectivity index (χ0n) is 13.6. The Morgan fingerprint density at radius 3 is 3.00 bits per heavy atom. The van der Waals surface area contributed by atoms with Gasteiger partial charge in [-0.25, -0.2) is 9.07 Å². The van der Waals surface area contributed by atoms with Crippen molar-refractivity contribution in [3.8, 4) is 17.1 Å². The quantitative estimate of drug-likeness (QED) is 0.933. The van der Waals surface area contributed by atoms with Crippen LogP contribution in [0.25, 0.3) is 11.3 Å². The molecule has 5 nitrogen and oxygen atoms in total. The monoisotopic (exact) mass is 340 g/mol. The second-order valence-corrected chi connectivity index (χ2v) is 6.26. The van der Waals surface area contributed by atoms with Gasteiger partial charge in [-0.2, -0.15) is 5.10 Å². The second kappa shape index (κ2) is 5.97. The van der Waals surface area contributed by atoms with E-state index in [2.05, 4.69) is 5.10 Å². The summed E-state index contributed by atoms with van der Waals surface area (Å²) in [5.41, 5.74) is 2.17. The molecule has 2 unspecified atom stereocenters. The van der Waals surface area contributed by atoms with E-state index in [0.717, 1.165) is 5.57 Å². The van der Waals surface area contributed by atoms with Gasteiger partial charge in [-0.1, -0.05) is 31.2 Å². The van der Waals surface area contributed by atoms with Crippen molar-refractivity contribution < 1.29 is 19.0 Å². The van der Waals surface area contributed by atoms with E-state index < -0.39 is 6.61 Å². The smallest absolute Gasteiger partial charge is 0.213 e. The highest BCUT2D eigenvalue weighted by Crippen LogP contribution is 2.41. The van der Waals surface area contributed by atoms with E-state index in [0.29, 0.717) is 22.7 Å². The van der Waals surface area contributed by atoms with Gasteiger partial charge >= 0.3 is 0 Å². The Labute approximate surface area is 144 Å². The molecule has 0 amide bonds. The van der Waals surface area contributed by atoms with Crippen molar-refractivity contribution >= 4 is 5.78 Å². The molecule has 0 saturated heterocycles. The summed E-state index contributed by atoms with van der Waals surface area (Å²) in [5, 5.41) is 13.7. The molecular formula is C19H17FN2O3. The maximum atomic E-state index is 14.1. The number of ether oxygens (including phenoxy) is 1. The zero-order valence-corrected chi connectivity index (χ0v) is 13.6. The number of Topliss-reactive ketones (excluding diaryl/α,β-unsaturated/α-hetero) is 1. The maximum Gasteiger partial charge on any atom is 0.213 e. The molecule has 2 heterocycles. The summed E-state index contributed by atoms with van der Waals surface area (Å²) < 4.78 is 21.5. The number of aliphatic hydroxyl groups excluding tert-OH is 1. The van der Waals surface area contributed by atoms with Crippen LogP contribution in [0.15, 0.2) is 53.6 Å². The summed E-state index contributed by atoms with van der Waals surface area (Å²) >= 11 is 0. The van der Waals surface area contributed by atoms with Gasteiger partial charge in [0.2, 0.25) is 5.88 Å². The first-order valence-corrected chi connectivity index (χ1v) is 8.12. The van der Waals surface area contributed by atoms with Gasteiger partial charge in [-0.15, -0.1) is 0 Å². The Morgan fingerprint density at radius 2 is 2.24 bits per heavy atom. The van der Waals surface area contributed by atoms with Gasteiger partial charge in [-0.05, 0) is 12.1 Å². The van der Waals surface area contributed by atoms with Crippen LogP contribution >= 0.6 is 0 Å². The number of carbonyl (C=O) groups is 1. The van der Waals surface area contributed by atoms with Crippen LogP contribution in [0.1, 0.15) is 13.0 Å². The minimum atomic E-state index is -0.545. The molecule has 0 bridgehead atoms. The number of nitrogens with zero attached hydrogens (tertiary/aromatic N) is 2. The third-order valence-electron chi connectivity index (χ3n) is 4.70. The van der Waals surface area contributed by atoms with Crippen LogP contribution in [0.4, 0.5) is 4.39 Å². The lowest BCUT2D eigenvalue weighted by Gasteiger charge is -2.34. The summed E-state index contributed by atoms with van der Waals surface area (Å²) in [6.45, 7) is 1.74. The van der Waals surface area contributed by atoms with Crippen LogP contribution in [0.2, 0.25) is 0 Å². The Hall–Kier alpha value is -2.73. The van der Waals surface area contributed by atoms with Crippen LogP contribution in [0, 0.1) is 11.7 Å². The Bertz CT molecular complexity index is 913. The highest BCUT2D eigenvalue weighted by molar-refractivity contribution is 6.00. The molecule has 2 aliphatic rings. The topological polar surface area (TPSA) is 64.3 Å². The lowest BCUT2D eigenvalue weighted by atomic mass is 9.84. The van der Waals surface area contributed by atoms with Crippen LogP contribution in [-0.4, -0.2) is 33.9 Å². The third-order valence-corrected chi connectivity index (χ3v) is 4.70. The molecule has 25 heavy (non-hydrogen) atoms. The minimum Gasteiger partial charge on any atom is -0.473 e. The molecule has 0 saturated carbocycles. The van der Waals surface area contributed by atoms with Crippen molar-refractivity contribution in [1.82, 2.24) is 9.78 Å². The van der Waals surface area contributed by atoms with Gasteiger partial charge in [0.05, 0.1) is 11.7 Å². The summed E-state index contributed by atoms with van der Waals surface area (Å²) in [7, 11) is 0. The fourth-order valence-electron chi connectivity index (χ4n) is 3.46. The standard InChI is InChI=1S/C19H17FN2O3/c1-11-6-7-12(17(24)9-23)14-10-25-18-8-16(21-22(18)19(11)14)13-4-2-3-5-15(13)20/h2-8,11,19,23H,9-10H2,1H3. The lowest BCUT2D eigenvalue weighted by molar-refractivity contribution is -0.118. The van der Waals surface area contributed by atoms with E-state index in [4.69, 9.17) is 4.74 Å². The fourth-order valence-corrected chi connectivity index (χ4v) is 3.46. The molecule has 0 radical (unpaired) electrons. The molecular weight excluding hydrogens is 323 g/mol. The number of aliphatic hydroxyl groups is 1. The van der Waals surface area contributed by atoms with Crippen molar-refractivity contribution in [2.45, 2.75) is 13.0 Å². The number of ketones is 1. The van der Waals surface area contributed by atoms with E-state index in [1.807, 2.05) is 13.0 Å². The molecule has 2 atom stereocenters. The van der Waals surface area contributed by atoms with Gasteiger partial charge < -0.3 is 9.84 Å². The van der Waals surface area contributed by atoms with Gasteiger partial charge in [0.25, 0.3) is 0 Å². The second-order valence-electron chi connectivity index (χ2n) is 6.26. The summed E-state index contributed by atoms with van der Waals surface area (Å²) in [6.07, 6.45) is 3.67. The van der Waals surface area contributed by atoms with Crippen LogP contribution < -0.4 is 4.74 Å². The van der Waals surface area contributed by atoms with Crippen LogP contribution in [0.3, 0.4) is 0 Å². The Kier molecular flexibility index (Phi) is 3.77. The molecule has 0 spiro atoms. The molecule has 1 aromatic carbocycles. The molecule has 128 valence electrons. The number of hydrogen-bond donors (Lipinski definition) is 1. The van der Waals surface area contributed by atoms with Crippen LogP contribution in [0.5, 0.6) is 5.88 Å². The van der Waals surface area contributed by atoms with Gasteiger partial charge in [0.15, 0.2) is 5.78 Å². The first kappa shape index (κ1) is 15.8. The third kappa shape index (κ3) is 2.49. The van der Waals surface area contributed by atoms with E-state index in [1.54, 1.807) is 35.0 Å². The average molecular weight is 340 g/mol. The van der Waals surface area contributed by atoms with Crippen molar-refractivity contribution in [1.29, 1.82) is 0 Å². The number of benzene rings is 1. The lowest BCUT2D eigenvalue weighted by Crippen LogP contribution is -2.32. The van der Waals surface area contributed by atoms with Crippen molar-refractivity contribution in [2.75, 3.05) is 13.2 Å². The number of fused-ring (bicyclic) bond motifs is 3. The van der Waals surface area contributed by atoms with Crippen molar-refractivity contribution in [3.05, 3.63) is 59.4 Å². The molecule has 1 aliphatic carbocycles. The zero-order chi connectivity index (χ0) is 17.6. The predicted octanol–water partition coefficient (Wildman–Crippen LogP) is 2.69. The molecule has 0 fully saturated rings. The molecule has 1 aliphatic heterocycles. The van der Waals surface area contributed by atoms with Gasteiger partial charge in [-0.3, -0.25) is 4.79 Å². The number of carbonyl (C=O) groups excluding carboxylic acids is 1. The Balaban J connectivity index is 1.82. The number of rotatable bonds is 3. The number of hydrogen-bond acceptors (Lipinski definition) is 4. The first-order valence-electron chi connectivity index (χ1n) is 8.12. The summed E-state index contributed by atoms with van der Waals surface area (Å²) in [5.74, 6) is -0.0376. The average Bonchev–Trinajstić information content (AvgIpc) is 3.05. The molecule has 4 rings (SSSR count). The summed E-state index contributed by atoms with van der Waals surface area (Å²) in [6, 6.07) is 7.99. The van der Waals surface area contributed by atoms with E-state index in [9.17, 15) is 14.3 Å². The number of halogens is 1. The Morgan fingerprint density at radius 1 is 1.44 bits per heavy atom. The predicted molar refractivity (Wildman–Crippen MR) is 89.6 cm³/mol. The molecule has 1 aromatic heterocycles. The van der Waals surface area contributed by atoms with E-state index in [-0.39, 0.29) is 30.2 Å². The van der Waals surface area contributed by atoms with Crippen molar-refractivity contribution in [3.63, 3.8) is 0 Å². The highest BCUT2D eigenvalue weighted by Gasteiger charge is 2.36. The van der Waals surface area contributed by atoms with E-state index in [1.165, 1.54) is 6.07 Å². The molecule has 1 N–H and O–H groups in total. The number of allylic oxidation sites excluding steroid dienone is 2. The van der Waals surface area contributed by atoms with Crippen molar-refractivity contribution in [2.24, 2.45) is 5.92 Å². The number of aromatic nitrogens is 2. The normalized spacial score (nSPS) is 21.6. The van der Waals surface area contributed by atoms with Crippen LogP contribution in [-0.2, 0) is 4.79 Å². The SMILES string of the molecule is CC1C=CC(C(=O)CO)=C2COc3cc(-c4ccccc4F)nn3C21. The fraction of sp³-hybridized carbons (Fsp3) is 0.263.